The summed E-state index contributed by atoms with van der Waals surface area (Å²) < 4.78 is 24.5. The van der Waals surface area contributed by atoms with E-state index in [0.717, 1.165) is 11.1 Å². The molecule has 0 unspecified atom stereocenters. The first-order valence-electron chi connectivity index (χ1n) is 4.70. The molecule has 2 rings (SSSR count). The van der Waals surface area contributed by atoms with Crippen LogP contribution in [0.15, 0.2) is 17.0 Å². The van der Waals surface area contributed by atoms with Gasteiger partial charge in [0.2, 0.25) is 0 Å². The van der Waals surface area contributed by atoms with Crippen LogP contribution in [0.3, 0.4) is 0 Å². The van der Waals surface area contributed by atoms with Gasteiger partial charge in [0, 0.05) is 16.9 Å². The van der Waals surface area contributed by atoms with Crippen LogP contribution in [-0.4, -0.2) is 11.5 Å². The Morgan fingerprint density at radius 2 is 2.07 bits per heavy atom. The van der Waals surface area contributed by atoms with Crippen molar-refractivity contribution >= 4 is 17.5 Å². The summed E-state index contributed by atoms with van der Waals surface area (Å²) in [6, 6.07) is 3.43. The number of ketones is 1. The minimum Gasteiger partial charge on any atom is -0.294 e. The van der Waals surface area contributed by atoms with E-state index in [1.165, 1.54) is 0 Å². The lowest BCUT2D eigenvalue weighted by atomic mass is 10.0. The van der Waals surface area contributed by atoms with Gasteiger partial charge in [-0.25, -0.2) is 0 Å². The van der Waals surface area contributed by atoms with Crippen molar-refractivity contribution in [3.63, 3.8) is 0 Å². The van der Waals surface area contributed by atoms with Gasteiger partial charge in [0.05, 0.1) is 0 Å². The second-order valence-corrected chi connectivity index (χ2v) is 4.57. The van der Waals surface area contributed by atoms with E-state index in [0.29, 0.717) is 35.1 Å². The maximum Gasteiger partial charge on any atom is 0.288 e. The van der Waals surface area contributed by atoms with E-state index in [4.69, 9.17) is 0 Å². The molecule has 1 aliphatic carbocycles. The lowest BCUT2D eigenvalue weighted by Crippen LogP contribution is -1.97. The van der Waals surface area contributed by atoms with E-state index >= 15 is 0 Å². The quantitative estimate of drug-likeness (QED) is 0.721. The summed E-state index contributed by atoms with van der Waals surface area (Å²) in [5.74, 6) is -2.47. The fourth-order valence-electron chi connectivity index (χ4n) is 1.92. The van der Waals surface area contributed by atoms with Crippen LogP contribution in [-0.2, 0) is 6.42 Å². The van der Waals surface area contributed by atoms with Crippen molar-refractivity contribution in [1.82, 2.24) is 0 Å². The molecule has 80 valence electrons. The van der Waals surface area contributed by atoms with E-state index in [9.17, 15) is 13.6 Å². The Kier molecular flexibility index (Phi) is 2.78. The van der Waals surface area contributed by atoms with Gasteiger partial charge in [0.15, 0.2) is 5.78 Å². The minimum atomic E-state index is -2.47. The summed E-state index contributed by atoms with van der Waals surface area (Å²) in [6.07, 6.45) is 1.15. The maximum atomic E-state index is 12.3. The number of carbonyl (C=O) groups excluding carboxylic acids is 1. The van der Waals surface area contributed by atoms with Gasteiger partial charge in [-0.1, -0.05) is 17.8 Å². The van der Waals surface area contributed by atoms with E-state index in [2.05, 4.69) is 0 Å². The Labute approximate surface area is 90.9 Å². The largest absolute Gasteiger partial charge is 0.294 e. The molecule has 0 radical (unpaired) electrons. The lowest BCUT2D eigenvalue weighted by molar-refractivity contribution is 0.0992. The van der Waals surface area contributed by atoms with Gasteiger partial charge in [-0.2, -0.15) is 8.78 Å². The first kappa shape index (κ1) is 10.6. The van der Waals surface area contributed by atoms with Gasteiger partial charge < -0.3 is 0 Å². The van der Waals surface area contributed by atoms with Crippen molar-refractivity contribution in [3.05, 3.63) is 28.8 Å². The first-order chi connectivity index (χ1) is 7.09. The summed E-state index contributed by atoms with van der Waals surface area (Å²) in [5.41, 5.74) is 2.50. The molecule has 0 aliphatic heterocycles. The van der Waals surface area contributed by atoms with Crippen LogP contribution in [0.25, 0.3) is 0 Å². The van der Waals surface area contributed by atoms with Gasteiger partial charge >= 0.3 is 0 Å². The zero-order valence-corrected chi connectivity index (χ0v) is 9.04. The molecule has 1 nitrogen and oxygen atoms in total. The summed E-state index contributed by atoms with van der Waals surface area (Å²) in [6.45, 7) is 1.91. The average molecular weight is 228 g/mol. The molecule has 0 N–H and O–H groups in total. The SMILES string of the molecule is Cc1ccc(SC(F)F)c2c1CCC2=O. The smallest absolute Gasteiger partial charge is 0.288 e. The topological polar surface area (TPSA) is 17.1 Å². The predicted octanol–water partition coefficient (Wildman–Crippen LogP) is 3.44. The number of benzene rings is 1. The monoisotopic (exact) mass is 228 g/mol. The Bertz CT molecular complexity index is 415. The highest BCUT2D eigenvalue weighted by Crippen LogP contribution is 2.36. The van der Waals surface area contributed by atoms with Crippen LogP contribution in [0, 0.1) is 6.92 Å². The van der Waals surface area contributed by atoms with Crippen molar-refractivity contribution in [1.29, 1.82) is 0 Å². The highest BCUT2D eigenvalue weighted by atomic mass is 32.2. The van der Waals surface area contributed by atoms with Crippen LogP contribution in [0.5, 0.6) is 0 Å². The zero-order valence-electron chi connectivity index (χ0n) is 8.22. The standard InChI is InChI=1S/C11H10F2OS/c1-6-2-5-9(15-11(12)13)10-7(6)3-4-8(10)14/h2,5,11H,3-4H2,1H3. The fraction of sp³-hybridized carbons (Fsp3) is 0.364. The Morgan fingerprint density at radius 3 is 2.73 bits per heavy atom. The molecule has 0 bridgehead atoms. The highest BCUT2D eigenvalue weighted by molar-refractivity contribution is 7.99. The molecule has 1 aromatic carbocycles. The second kappa shape index (κ2) is 3.93. The molecule has 0 saturated carbocycles. The Balaban J connectivity index is 2.49. The third-order valence-corrected chi connectivity index (χ3v) is 3.38. The molecule has 0 aromatic heterocycles. The van der Waals surface area contributed by atoms with Crippen molar-refractivity contribution < 1.29 is 13.6 Å². The first-order valence-corrected chi connectivity index (χ1v) is 5.58. The number of aryl methyl sites for hydroxylation is 1. The van der Waals surface area contributed by atoms with Crippen LogP contribution in [0.2, 0.25) is 0 Å². The maximum absolute atomic E-state index is 12.3. The van der Waals surface area contributed by atoms with Crippen LogP contribution >= 0.6 is 11.8 Å². The molecule has 1 aliphatic rings. The summed E-state index contributed by atoms with van der Waals surface area (Å²) in [5, 5.41) is 0. The van der Waals surface area contributed by atoms with Crippen LogP contribution in [0.4, 0.5) is 8.78 Å². The number of Topliss-reactive ketones (excluding diaryl/α,β-unsaturated/α-hetero) is 1. The number of hydrogen-bond acceptors (Lipinski definition) is 2. The molecule has 4 heteroatoms. The fourth-order valence-corrected chi connectivity index (χ4v) is 2.61. The molecule has 15 heavy (non-hydrogen) atoms. The zero-order chi connectivity index (χ0) is 11.0. The van der Waals surface area contributed by atoms with Crippen LogP contribution in [0.1, 0.15) is 27.9 Å². The van der Waals surface area contributed by atoms with Crippen molar-refractivity contribution in [2.45, 2.75) is 30.4 Å². The van der Waals surface area contributed by atoms with Gasteiger partial charge in [-0.3, -0.25) is 4.79 Å². The van der Waals surface area contributed by atoms with Gasteiger partial charge in [0.1, 0.15) is 0 Å². The van der Waals surface area contributed by atoms with E-state index in [-0.39, 0.29) is 5.78 Å². The summed E-state index contributed by atoms with van der Waals surface area (Å²) in [7, 11) is 0. The molecule has 0 amide bonds. The third kappa shape index (κ3) is 1.91. The van der Waals surface area contributed by atoms with E-state index < -0.39 is 5.76 Å². The average Bonchev–Trinajstić information content (AvgIpc) is 2.54. The van der Waals surface area contributed by atoms with Crippen molar-refractivity contribution in [2.75, 3.05) is 0 Å². The Morgan fingerprint density at radius 1 is 1.33 bits per heavy atom. The second-order valence-electron chi connectivity index (χ2n) is 3.54. The molecule has 0 atom stereocenters. The van der Waals surface area contributed by atoms with Gasteiger partial charge in [0.25, 0.3) is 5.76 Å². The number of thioether (sulfide) groups is 1. The number of halogens is 2. The number of carbonyl (C=O) groups is 1. The van der Waals surface area contributed by atoms with Gasteiger partial charge in [-0.05, 0) is 30.5 Å². The molecular weight excluding hydrogens is 218 g/mol. The molecular formula is C11H10F2OS. The van der Waals surface area contributed by atoms with E-state index in [1.54, 1.807) is 6.07 Å². The highest BCUT2D eigenvalue weighted by Gasteiger charge is 2.25. The lowest BCUT2D eigenvalue weighted by Gasteiger charge is -2.08. The minimum absolute atomic E-state index is 0.00292. The third-order valence-electron chi connectivity index (χ3n) is 2.61. The van der Waals surface area contributed by atoms with Gasteiger partial charge in [-0.15, -0.1) is 0 Å². The normalized spacial score (nSPS) is 14.8. The van der Waals surface area contributed by atoms with E-state index in [1.807, 2.05) is 13.0 Å². The molecule has 0 heterocycles. The number of rotatable bonds is 2. The summed E-state index contributed by atoms with van der Waals surface area (Å²) >= 11 is 0.462. The summed E-state index contributed by atoms with van der Waals surface area (Å²) in [4.78, 5) is 12.0. The molecule has 1 aromatic rings. The van der Waals surface area contributed by atoms with Crippen LogP contribution < -0.4 is 0 Å². The predicted molar refractivity (Wildman–Crippen MR) is 55.7 cm³/mol. The number of alkyl halides is 2. The Hall–Kier alpha value is -0.900. The van der Waals surface area contributed by atoms with Crippen molar-refractivity contribution in [3.8, 4) is 0 Å². The molecule has 0 fully saturated rings. The number of fused-ring (bicyclic) bond motifs is 1. The number of hydrogen-bond donors (Lipinski definition) is 0. The molecule has 0 spiro atoms. The molecule has 0 saturated heterocycles. The van der Waals surface area contributed by atoms with Crippen molar-refractivity contribution in [2.24, 2.45) is 0 Å².